The van der Waals surface area contributed by atoms with Crippen LogP contribution in [-0.2, 0) is 27.3 Å². The third kappa shape index (κ3) is 6.88. The first-order valence-electron chi connectivity index (χ1n) is 9.33. The molecule has 0 radical (unpaired) electrons. The standard InChI is InChI=1S/C19H22N2OS2.CH4O3S.H2O/c1-24(22)15-6-7-19-16(13-15)17(21-10-8-20-9-11-21)12-14-4-2-3-5-18(14)23-19;1-5(2,3)4;/h2-7,13,17,20H,8-12H2,1H3;1H3,(H,2,3,4);1H2. The Morgan fingerprint density at radius 3 is 2.40 bits per heavy atom. The Bertz CT molecular complexity index is 984. The van der Waals surface area contributed by atoms with E-state index in [0.717, 1.165) is 37.5 Å². The Morgan fingerprint density at radius 1 is 1.13 bits per heavy atom. The smallest absolute Gasteiger partial charge is 0.261 e. The van der Waals surface area contributed by atoms with Gasteiger partial charge in [-0.1, -0.05) is 30.0 Å². The van der Waals surface area contributed by atoms with E-state index in [2.05, 4.69) is 46.6 Å². The van der Waals surface area contributed by atoms with Crippen molar-refractivity contribution in [3.63, 3.8) is 0 Å². The average molecular weight is 473 g/mol. The van der Waals surface area contributed by atoms with Crippen LogP contribution < -0.4 is 5.32 Å². The molecule has 2 aromatic rings. The molecule has 166 valence electrons. The van der Waals surface area contributed by atoms with Crippen molar-refractivity contribution in [3.8, 4) is 0 Å². The molecular formula is C20H28N2O5S3. The van der Waals surface area contributed by atoms with Gasteiger partial charge in [0.1, 0.15) is 0 Å². The van der Waals surface area contributed by atoms with Gasteiger partial charge in [-0.25, -0.2) is 0 Å². The number of rotatable bonds is 2. The van der Waals surface area contributed by atoms with Crippen molar-refractivity contribution in [2.75, 3.05) is 38.7 Å². The lowest BCUT2D eigenvalue weighted by Crippen LogP contribution is -2.45. The summed E-state index contributed by atoms with van der Waals surface area (Å²) in [6.45, 7) is 4.22. The lowest BCUT2D eigenvalue weighted by Gasteiger charge is -2.35. The monoisotopic (exact) mass is 472 g/mol. The predicted molar refractivity (Wildman–Crippen MR) is 121 cm³/mol. The first-order chi connectivity index (χ1) is 13.7. The average Bonchev–Trinajstić information content (AvgIpc) is 2.83. The van der Waals surface area contributed by atoms with E-state index in [1.54, 1.807) is 6.26 Å². The van der Waals surface area contributed by atoms with Crippen LogP contribution in [0, 0.1) is 0 Å². The summed E-state index contributed by atoms with van der Waals surface area (Å²) in [6, 6.07) is 15.4. The Morgan fingerprint density at radius 2 is 1.77 bits per heavy atom. The van der Waals surface area contributed by atoms with Crippen LogP contribution in [0.1, 0.15) is 17.2 Å². The summed E-state index contributed by atoms with van der Waals surface area (Å²) in [5.74, 6) is 0. The molecule has 0 amide bonds. The maximum atomic E-state index is 12.0. The number of hydrogen-bond acceptors (Lipinski definition) is 6. The van der Waals surface area contributed by atoms with E-state index in [9.17, 15) is 12.6 Å². The Balaban J connectivity index is 0.000000482. The predicted octanol–water partition coefficient (Wildman–Crippen LogP) is 1.76. The summed E-state index contributed by atoms with van der Waals surface area (Å²) in [6.07, 6.45) is 3.50. The molecule has 0 aromatic heterocycles. The van der Waals surface area contributed by atoms with E-state index >= 15 is 0 Å². The number of hydrogen-bond donors (Lipinski definition) is 2. The van der Waals surface area contributed by atoms with Crippen molar-refractivity contribution >= 4 is 32.7 Å². The van der Waals surface area contributed by atoms with Gasteiger partial charge >= 0.3 is 0 Å². The summed E-state index contributed by atoms with van der Waals surface area (Å²) >= 11 is 1.85. The first-order valence-corrected chi connectivity index (χ1v) is 13.5. The number of fused-ring (bicyclic) bond motifs is 2. The van der Waals surface area contributed by atoms with E-state index in [1.807, 2.05) is 17.8 Å². The van der Waals surface area contributed by atoms with Crippen LogP contribution in [0.4, 0.5) is 0 Å². The minimum absolute atomic E-state index is 0. The summed E-state index contributed by atoms with van der Waals surface area (Å²) in [5.41, 5.74) is 2.76. The second-order valence-corrected chi connectivity index (χ2v) is 11.0. The molecule has 1 fully saturated rings. The van der Waals surface area contributed by atoms with Gasteiger partial charge in [-0.05, 0) is 41.8 Å². The summed E-state index contributed by atoms with van der Waals surface area (Å²) in [4.78, 5) is 6.17. The Kier molecular flexibility index (Phi) is 9.04. The van der Waals surface area contributed by atoms with Crippen LogP contribution in [0.2, 0.25) is 0 Å². The van der Waals surface area contributed by atoms with E-state index < -0.39 is 20.9 Å². The molecule has 2 unspecified atom stereocenters. The van der Waals surface area contributed by atoms with Gasteiger partial charge in [-0.2, -0.15) is 8.42 Å². The van der Waals surface area contributed by atoms with Gasteiger partial charge in [0, 0.05) is 64.0 Å². The topological polar surface area (TPSA) is 118 Å². The zero-order valence-electron chi connectivity index (χ0n) is 17.0. The van der Waals surface area contributed by atoms with Crippen molar-refractivity contribution in [1.82, 2.24) is 10.2 Å². The molecule has 0 spiro atoms. The molecule has 0 saturated carbocycles. The summed E-state index contributed by atoms with van der Waals surface area (Å²) in [7, 11) is -4.61. The van der Waals surface area contributed by atoms with Crippen LogP contribution in [0.5, 0.6) is 0 Å². The Labute approximate surface area is 184 Å². The summed E-state index contributed by atoms with van der Waals surface area (Å²) < 4.78 is 37.9. The third-order valence-corrected chi connectivity index (χ3v) is 7.00. The van der Waals surface area contributed by atoms with E-state index in [-0.39, 0.29) is 5.48 Å². The van der Waals surface area contributed by atoms with Crippen LogP contribution in [0.15, 0.2) is 57.2 Å². The molecule has 2 aliphatic heterocycles. The highest BCUT2D eigenvalue weighted by atomic mass is 32.2. The lowest BCUT2D eigenvalue weighted by atomic mass is 9.97. The fraction of sp³-hybridized carbons (Fsp3) is 0.400. The molecule has 7 nitrogen and oxygen atoms in total. The normalized spacial score (nSPS) is 19.8. The zero-order valence-corrected chi connectivity index (χ0v) is 19.4. The van der Waals surface area contributed by atoms with Crippen LogP contribution in [-0.4, -0.2) is 66.2 Å². The zero-order chi connectivity index (χ0) is 21.0. The quantitative estimate of drug-likeness (QED) is 0.639. The highest BCUT2D eigenvalue weighted by molar-refractivity contribution is 7.99. The van der Waals surface area contributed by atoms with Gasteiger partial charge in [-0.3, -0.25) is 13.7 Å². The van der Waals surface area contributed by atoms with Gasteiger partial charge < -0.3 is 10.8 Å². The van der Waals surface area contributed by atoms with Crippen molar-refractivity contribution in [1.29, 1.82) is 0 Å². The van der Waals surface area contributed by atoms with E-state index in [0.29, 0.717) is 12.3 Å². The molecule has 2 atom stereocenters. The maximum absolute atomic E-state index is 12.0. The van der Waals surface area contributed by atoms with Crippen LogP contribution in [0.3, 0.4) is 0 Å². The highest BCUT2D eigenvalue weighted by Gasteiger charge is 2.28. The largest absolute Gasteiger partial charge is 0.412 e. The SMILES string of the molecule is CS(=O)(=O)O.CS(=O)c1ccc2c(c1)C(N1CCNCC1)Cc1ccccc1S2.O. The van der Waals surface area contributed by atoms with Crippen LogP contribution in [0.25, 0.3) is 0 Å². The second-order valence-electron chi connectivity index (χ2n) is 7.10. The highest BCUT2D eigenvalue weighted by Crippen LogP contribution is 2.43. The fourth-order valence-electron chi connectivity index (χ4n) is 3.59. The van der Waals surface area contributed by atoms with Gasteiger partial charge in [-0.15, -0.1) is 0 Å². The fourth-order valence-corrected chi connectivity index (χ4v) is 5.25. The van der Waals surface area contributed by atoms with Gasteiger partial charge in [0.25, 0.3) is 10.1 Å². The molecule has 0 aliphatic carbocycles. The van der Waals surface area contributed by atoms with Gasteiger partial charge in [0.2, 0.25) is 0 Å². The molecule has 1 saturated heterocycles. The minimum Gasteiger partial charge on any atom is -0.412 e. The second kappa shape index (κ2) is 10.9. The lowest BCUT2D eigenvalue weighted by molar-refractivity contribution is 0.170. The number of nitrogens with zero attached hydrogens (tertiary/aromatic N) is 1. The van der Waals surface area contributed by atoms with E-state index in [4.69, 9.17) is 4.55 Å². The molecule has 4 rings (SSSR count). The third-order valence-electron chi connectivity index (χ3n) is 4.87. The van der Waals surface area contributed by atoms with Gasteiger partial charge in [0.05, 0.1) is 6.26 Å². The molecule has 10 heteroatoms. The van der Waals surface area contributed by atoms with Gasteiger partial charge in [0.15, 0.2) is 0 Å². The molecule has 2 aromatic carbocycles. The molecule has 2 aliphatic rings. The molecule has 2 heterocycles. The molecule has 0 bridgehead atoms. The number of piperazine rings is 1. The summed E-state index contributed by atoms with van der Waals surface area (Å²) in [5, 5.41) is 3.45. The maximum Gasteiger partial charge on any atom is 0.261 e. The number of nitrogens with one attached hydrogen (secondary N) is 1. The van der Waals surface area contributed by atoms with Crippen molar-refractivity contribution in [2.24, 2.45) is 0 Å². The molecule has 30 heavy (non-hydrogen) atoms. The molecule has 4 N–H and O–H groups in total. The van der Waals surface area contributed by atoms with Crippen molar-refractivity contribution < 1.29 is 22.7 Å². The van der Waals surface area contributed by atoms with Crippen molar-refractivity contribution in [2.45, 2.75) is 27.1 Å². The number of benzene rings is 2. The van der Waals surface area contributed by atoms with Crippen molar-refractivity contribution in [3.05, 3.63) is 53.6 Å². The van der Waals surface area contributed by atoms with E-state index in [1.165, 1.54) is 20.9 Å². The molecular weight excluding hydrogens is 444 g/mol. The minimum atomic E-state index is -3.67. The first kappa shape index (κ1) is 25.0. The Hall–Kier alpha value is -1.27. The van der Waals surface area contributed by atoms with Crippen LogP contribution >= 0.6 is 11.8 Å².